The number of anilines is 2. The average molecular weight is 348 g/mol. The third-order valence-corrected chi connectivity index (χ3v) is 4.57. The van der Waals surface area contributed by atoms with Gasteiger partial charge in [-0.05, 0) is 32.1 Å². The Morgan fingerprint density at radius 2 is 2.08 bits per heavy atom. The molecule has 138 valence electrons. The predicted molar refractivity (Wildman–Crippen MR) is 97.3 cm³/mol. The number of nitrogen functional groups attached to an aromatic ring is 1. The number of hydrogen-bond donors (Lipinski definition) is 2. The molecular weight excluding hydrogens is 320 g/mol. The summed E-state index contributed by atoms with van der Waals surface area (Å²) in [5.74, 6) is 1.43. The molecule has 1 aliphatic carbocycles. The summed E-state index contributed by atoms with van der Waals surface area (Å²) in [7, 11) is 2.02. The van der Waals surface area contributed by atoms with Crippen molar-refractivity contribution in [3.8, 4) is 0 Å². The number of aromatic nitrogens is 4. The highest BCUT2D eigenvalue weighted by molar-refractivity contribution is 5.85. The Kier molecular flexibility index (Phi) is 5.10. The van der Waals surface area contributed by atoms with E-state index < -0.39 is 0 Å². The number of nitrogens with two attached hydrogens (primary N) is 1. The van der Waals surface area contributed by atoms with E-state index in [4.69, 9.17) is 10.5 Å². The van der Waals surface area contributed by atoms with E-state index >= 15 is 0 Å². The van der Waals surface area contributed by atoms with Gasteiger partial charge >= 0.3 is 0 Å². The van der Waals surface area contributed by atoms with E-state index in [-0.39, 0.29) is 24.9 Å². The van der Waals surface area contributed by atoms with E-state index in [1.165, 1.54) is 0 Å². The first kappa shape index (κ1) is 17.9. The van der Waals surface area contributed by atoms with Gasteiger partial charge in [-0.2, -0.15) is 9.97 Å². The molecule has 2 heterocycles. The van der Waals surface area contributed by atoms with Crippen LogP contribution >= 0.6 is 0 Å². The monoisotopic (exact) mass is 348 g/mol. The Hall–Kier alpha value is -1.93. The standard InChI is InChI=1S/C17H28N6O2/c1-10(2)7-13(8-24)25-11(3)23-9-19-14-15(22(4)12-5-6-12)20-17(18)21-16(14)23/h9-13,24H,5-8H2,1-4H3,(H2,18,20,21)/t11-,13+/m1/s1. The molecule has 8 nitrogen and oxygen atoms in total. The van der Waals surface area contributed by atoms with Crippen LogP contribution in [0.2, 0.25) is 0 Å². The minimum absolute atomic E-state index is 0.0120. The van der Waals surface area contributed by atoms with Gasteiger partial charge in [-0.25, -0.2) is 4.98 Å². The maximum absolute atomic E-state index is 9.56. The van der Waals surface area contributed by atoms with E-state index in [0.717, 1.165) is 30.6 Å². The molecule has 25 heavy (non-hydrogen) atoms. The minimum atomic E-state index is -0.311. The highest BCUT2D eigenvalue weighted by Gasteiger charge is 2.30. The zero-order chi connectivity index (χ0) is 18.1. The molecule has 2 aromatic rings. The van der Waals surface area contributed by atoms with Crippen molar-refractivity contribution in [2.45, 2.75) is 58.4 Å². The Morgan fingerprint density at radius 1 is 1.36 bits per heavy atom. The molecule has 0 saturated heterocycles. The van der Waals surface area contributed by atoms with Gasteiger partial charge in [0, 0.05) is 13.1 Å². The summed E-state index contributed by atoms with van der Waals surface area (Å²) in [6.07, 6.45) is 4.29. The SMILES string of the molecule is CC(C)C[C@@H](CO)O[C@H](C)n1cnc2c(N(C)C3CC3)nc(N)nc21. The molecule has 0 unspecified atom stereocenters. The molecule has 0 radical (unpaired) electrons. The summed E-state index contributed by atoms with van der Waals surface area (Å²) in [5, 5.41) is 9.56. The topological polar surface area (TPSA) is 102 Å². The van der Waals surface area contributed by atoms with Crippen molar-refractivity contribution in [2.24, 2.45) is 5.92 Å². The van der Waals surface area contributed by atoms with Crippen molar-refractivity contribution >= 4 is 22.9 Å². The van der Waals surface area contributed by atoms with Crippen LogP contribution in [0.3, 0.4) is 0 Å². The van der Waals surface area contributed by atoms with Crippen molar-refractivity contribution < 1.29 is 9.84 Å². The summed E-state index contributed by atoms with van der Waals surface area (Å²) < 4.78 is 7.87. The number of aliphatic hydroxyl groups excluding tert-OH is 1. The quantitative estimate of drug-likeness (QED) is 0.751. The second-order valence-electron chi connectivity index (χ2n) is 7.24. The van der Waals surface area contributed by atoms with Gasteiger partial charge in [-0.15, -0.1) is 0 Å². The van der Waals surface area contributed by atoms with Crippen molar-refractivity contribution in [3.05, 3.63) is 6.33 Å². The Labute approximate surface area is 148 Å². The second-order valence-corrected chi connectivity index (χ2v) is 7.24. The number of imidazole rings is 1. The van der Waals surface area contributed by atoms with Gasteiger partial charge in [0.2, 0.25) is 5.95 Å². The summed E-state index contributed by atoms with van der Waals surface area (Å²) in [4.78, 5) is 15.4. The van der Waals surface area contributed by atoms with Crippen LogP contribution in [0.15, 0.2) is 6.33 Å². The lowest BCUT2D eigenvalue weighted by atomic mass is 10.1. The fourth-order valence-electron chi connectivity index (χ4n) is 3.11. The summed E-state index contributed by atoms with van der Waals surface area (Å²) in [6, 6.07) is 0.501. The van der Waals surface area contributed by atoms with Crippen LogP contribution < -0.4 is 10.6 Å². The zero-order valence-corrected chi connectivity index (χ0v) is 15.4. The van der Waals surface area contributed by atoms with E-state index in [2.05, 4.69) is 33.7 Å². The molecule has 3 N–H and O–H groups in total. The van der Waals surface area contributed by atoms with Crippen LogP contribution in [0.25, 0.3) is 11.2 Å². The van der Waals surface area contributed by atoms with Gasteiger partial charge in [0.15, 0.2) is 17.0 Å². The molecular formula is C17H28N6O2. The van der Waals surface area contributed by atoms with Crippen LogP contribution in [-0.2, 0) is 4.74 Å². The van der Waals surface area contributed by atoms with Crippen LogP contribution in [0.4, 0.5) is 11.8 Å². The van der Waals surface area contributed by atoms with Gasteiger partial charge in [-0.3, -0.25) is 4.57 Å². The van der Waals surface area contributed by atoms with E-state index in [9.17, 15) is 5.11 Å². The molecule has 1 fully saturated rings. The zero-order valence-electron chi connectivity index (χ0n) is 15.4. The van der Waals surface area contributed by atoms with Gasteiger partial charge in [0.05, 0.1) is 19.0 Å². The number of ether oxygens (including phenoxy) is 1. The number of hydrogen-bond acceptors (Lipinski definition) is 7. The Bertz CT molecular complexity index is 727. The first-order chi connectivity index (χ1) is 11.9. The molecule has 1 saturated carbocycles. The number of fused-ring (bicyclic) bond motifs is 1. The molecule has 0 aliphatic heterocycles. The molecule has 2 atom stereocenters. The molecule has 0 spiro atoms. The normalized spacial score (nSPS) is 17.2. The molecule has 3 rings (SSSR count). The van der Waals surface area contributed by atoms with Gasteiger partial charge in [-0.1, -0.05) is 13.8 Å². The summed E-state index contributed by atoms with van der Waals surface area (Å²) >= 11 is 0. The fourth-order valence-corrected chi connectivity index (χ4v) is 3.11. The fraction of sp³-hybridized carbons (Fsp3) is 0.706. The lowest BCUT2D eigenvalue weighted by Gasteiger charge is -2.23. The average Bonchev–Trinajstić information content (AvgIpc) is 3.32. The largest absolute Gasteiger partial charge is 0.394 e. The number of aliphatic hydroxyl groups is 1. The third-order valence-electron chi connectivity index (χ3n) is 4.57. The first-order valence-electron chi connectivity index (χ1n) is 8.89. The first-order valence-corrected chi connectivity index (χ1v) is 8.89. The maximum atomic E-state index is 9.56. The molecule has 8 heteroatoms. The predicted octanol–water partition coefficient (Wildman–Crippen LogP) is 1.95. The van der Waals surface area contributed by atoms with E-state index in [0.29, 0.717) is 17.6 Å². The lowest BCUT2D eigenvalue weighted by Crippen LogP contribution is -2.24. The summed E-state index contributed by atoms with van der Waals surface area (Å²) in [5.41, 5.74) is 7.32. The maximum Gasteiger partial charge on any atom is 0.224 e. The summed E-state index contributed by atoms with van der Waals surface area (Å²) in [6.45, 7) is 6.13. The van der Waals surface area contributed by atoms with Crippen molar-refractivity contribution in [1.82, 2.24) is 19.5 Å². The number of nitrogens with zero attached hydrogens (tertiary/aromatic N) is 5. The Morgan fingerprint density at radius 3 is 2.68 bits per heavy atom. The third kappa shape index (κ3) is 3.85. The second kappa shape index (κ2) is 7.13. The van der Waals surface area contributed by atoms with Crippen LogP contribution in [0, 0.1) is 5.92 Å². The molecule has 0 amide bonds. The van der Waals surface area contributed by atoms with Crippen LogP contribution in [0.1, 0.15) is 46.3 Å². The smallest absolute Gasteiger partial charge is 0.224 e. The molecule has 0 aromatic carbocycles. The van der Waals surface area contributed by atoms with Gasteiger partial charge in [0.25, 0.3) is 0 Å². The van der Waals surface area contributed by atoms with Gasteiger partial charge < -0.3 is 20.5 Å². The van der Waals surface area contributed by atoms with Crippen LogP contribution in [-0.4, -0.2) is 50.4 Å². The lowest BCUT2D eigenvalue weighted by molar-refractivity contribution is -0.0713. The van der Waals surface area contributed by atoms with E-state index in [1.54, 1.807) is 6.33 Å². The molecule has 2 aromatic heterocycles. The van der Waals surface area contributed by atoms with E-state index in [1.807, 2.05) is 18.5 Å². The van der Waals surface area contributed by atoms with Crippen molar-refractivity contribution in [2.75, 3.05) is 24.3 Å². The Balaban J connectivity index is 1.89. The van der Waals surface area contributed by atoms with Crippen LogP contribution in [0.5, 0.6) is 0 Å². The highest BCUT2D eigenvalue weighted by Crippen LogP contribution is 2.33. The number of rotatable bonds is 8. The van der Waals surface area contributed by atoms with Crippen molar-refractivity contribution in [3.63, 3.8) is 0 Å². The minimum Gasteiger partial charge on any atom is -0.394 e. The highest BCUT2D eigenvalue weighted by atomic mass is 16.5. The van der Waals surface area contributed by atoms with Crippen molar-refractivity contribution in [1.29, 1.82) is 0 Å². The molecule has 1 aliphatic rings. The molecule has 0 bridgehead atoms. The van der Waals surface area contributed by atoms with Gasteiger partial charge in [0.1, 0.15) is 6.23 Å².